The smallest absolute Gasteiger partial charge is 0.0537 e. The summed E-state index contributed by atoms with van der Waals surface area (Å²) in [6.07, 6.45) is 3.93. The molecule has 4 nitrogen and oxygen atoms in total. The monoisotopic (exact) mass is 301 g/mol. The first kappa shape index (κ1) is 16.7. The summed E-state index contributed by atoms with van der Waals surface area (Å²) in [7, 11) is 1.93. The molecule has 1 aromatic carbocycles. The third-order valence-corrected chi connectivity index (χ3v) is 4.41. The molecule has 0 bridgehead atoms. The average molecular weight is 301 g/mol. The van der Waals surface area contributed by atoms with Gasteiger partial charge in [0.15, 0.2) is 0 Å². The molecule has 1 aromatic heterocycles. The van der Waals surface area contributed by atoms with E-state index >= 15 is 0 Å². The highest BCUT2D eigenvalue weighted by Gasteiger charge is 2.30. The van der Waals surface area contributed by atoms with Crippen molar-refractivity contribution in [1.29, 1.82) is 0 Å². The summed E-state index contributed by atoms with van der Waals surface area (Å²) in [4.78, 5) is 0. The molecule has 0 amide bonds. The van der Waals surface area contributed by atoms with Crippen LogP contribution in [0.1, 0.15) is 43.9 Å². The first-order valence-corrected chi connectivity index (χ1v) is 7.82. The second-order valence-corrected chi connectivity index (χ2v) is 6.69. The zero-order chi connectivity index (χ0) is 16.2. The number of nitrogens with one attached hydrogen (secondary N) is 1. The van der Waals surface area contributed by atoms with Crippen LogP contribution < -0.4 is 5.32 Å². The fraction of sp³-hybridized carbons (Fsp3) is 0.500. The van der Waals surface area contributed by atoms with Crippen molar-refractivity contribution in [3.8, 4) is 0 Å². The van der Waals surface area contributed by atoms with E-state index in [2.05, 4.69) is 55.5 Å². The minimum absolute atomic E-state index is 0.162. The van der Waals surface area contributed by atoms with Crippen molar-refractivity contribution in [2.75, 3.05) is 13.2 Å². The largest absolute Gasteiger partial charge is 0.396 e. The normalized spacial score (nSPS) is 14.8. The molecule has 1 heterocycles. The van der Waals surface area contributed by atoms with Gasteiger partial charge in [0.2, 0.25) is 0 Å². The lowest BCUT2D eigenvalue weighted by atomic mass is 9.75. The van der Waals surface area contributed by atoms with Crippen molar-refractivity contribution in [2.24, 2.45) is 12.5 Å². The number of aliphatic hydroxyl groups excluding tert-OH is 1. The molecule has 0 radical (unpaired) electrons. The fourth-order valence-corrected chi connectivity index (χ4v) is 2.72. The Balaban J connectivity index is 2.10. The molecule has 0 fully saturated rings. The molecule has 4 heteroatoms. The van der Waals surface area contributed by atoms with E-state index in [1.54, 1.807) is 0 Å². The average Bonchev–Trinajstić information content (AvgIpc) is 2.95. The van der Waals surface area contributed by atoms with Crippen LogP contribution in [-0.4, -0.2) is 28.0 Å². The van der Waals surface area contributed by atoms with Crippen molar-refractivity contribution >= 4 is 0 Å². The summed E-state index contributed by atoms with van der Waals surface area (Å²) in [5.41, 5.74) is 2.26. The number of nitrogens with zero attached hydrogens (tertiary/aromatic N) is 2. The number of benzene rings is 1. The van der Waals surface area contributed by atoms with Crippen LogP contribution in [0, 0.1) is 5.41 Å². The van der Waals surface area contributed by atoms with Gasteiger partial charge in [0.05, 0.1) is 6.20 Å². The zero-order valence-electron chi connectivity index (χ0n) is 14.0. The maximum Gasteiger partial charge on any atom is 0.0537 e. The molecule has 2 N–H and O–H groups in total. The van der Waals surface area contributed by atoms with E-state index < -0.39 is 0 Å². The zero-order valence-corrected chi connectivity index (χ0v) is 14.0. The molecule has 2 aromatic rings. The molecule has 22 heavy (non-hydrogen) atoms. The van der Waals surface area contributed by atoms with Crippen molar-refractivity contribution < 1.29 is 5.11 Å². The van der Waals surface area contributed by atoms with Crippen LogP contribution in [0.15, 0.2) is 42.7 Å². The maximum absolute atomic E-state index is 9.77. The number of aromatic nitrogens is 2. The SMILES string of the molecule is CC(NCC(c1ccccc1)C(C)(C)CO)c1cnn(C)c1. The maximum atomic E-state index is 9.77. The molecule has 0 saturated carbocycles. The molecular weight excluding hydrogens is 274 g/mol. The molecule has 0 aliphatic carbocycles. The van der Waals surface area contributed by atoms with Crippen molar-refractivity contribution in [3.63, 3.8) is 0 Å². The summed E-state index contributed by atoms with van der Waals surface area (Å²) < 4.78 is 1.82. The van der Waals surface area contributed by atoms with Crippen LogP contribution in [0.5, 0.6) is 0 Å². The van der Waals surface area contributed by atoms with Crippen LogP contribution in [-0.2, 0) is 7.05 Å². The number of aryl methyl sites for hydroxylation is 1. The third-order valence-electron chi connectivity index (χ3n) is 4.41. The molecule has 120 valence electrons. The van der Waals surface area contributed by atoms with Gasteiger partial charge in [-0.15, -0.1) is 0 Å². The van der Waals surface area contributed by atoms with Crippen LogP contribution in [0.2, 0.25) is 0 Å². The van der Waals surface area contributed by atoms with E-state index in [9.17, 15) is 5.11 Å². The molecular formula is C18H27N3O. The quantitative estimate of drug-likeness (QED) is 0.827. The lowest BCUT2D eigenvalue weighted by Gasteiger charge is -2.34. The third kappa shape index (κ3) is 3.96. The van der Waals surface area contributed by atoms with Gasteiger partial charge in [0, 0.05) is 43.9 Å². The topological polar surface area (TPSA) is 50.1 Å². The second kappa shape index (κ2) is 7.07. The van der Waals surface area contributed by atoms with Gasteiger partial charge in [-0.2, -0.15) is 5.10 Å². The van der Waals surface area contributed by atoms with Crippen LogP contribution >= 0.6 is 0 Å². The van der Waals surface area contributed by atoms with E-state index in [0.717, 1.165) is 6.54 Å². The fourth-order valence-electron chi connectivity index (χ4n) is 2.72. The summed E-state index contributed by atoms with van der Waals surface area (Å²) in [6.45, 7) is 7.34. The Kier molecular flexibility index (Phi) is 5.37. The Morgan fingerprint density at radius 3 is 2.45 bits per heavy atom. The van der Waals surface area contributed by atoms with Crippen LogP contribution in [0.25, 0.3) is 0 Å². The number of hydrogen-bond donors (Lipinski definition) is 2. The Morgan fingerprint density at radius 1 is 1.23 bits per heavy atom. The van der Waals surface area contributed by atoms with E-state index in [1.807, 2.05) is 30.2 Å². The lowest BCUT2D eigenvalue weighted by Crippen LogP contribution is -2.35. The highest BCUT2D eigenvalue weighted by molar-refractivity contribution is 5.22. The molecule has 2 atom stereocenters. The van der Waals surface area contributed by atoms with Crippen molar-refractivity contribution in [3.05, 3.63) is 53.9 Å². The van der Waals surface area contributed by atoms with Gasteiger partial charge in [-0.25, -0.2) is 0 Å². The molecule has 0 aliphatic heterocycles. The van der Waals surface area contributed by atoms with Gasteiger partial charge in [0.25, 0.3) is 0 Å². The van der Waals surface area contributed by atoms with Gasteiger partial charge in [-0.05, 0) is 17.9 Å². The van der Waals surface area contributed by atoms with Crippen molar-refractivity contribution in [1.82, 2.24) is 15.1 Å². The van der Waals surface area contributed by atoms with Gasteiger partial charge in [-0.3, -0.25) is 4.68 Å². The van der Waals surface area contributed by atoms with E-state index in [4.69, 9.17) is 0 Å². The van der Waals surface area contributed by atoms with Gasteiger partial charge >= 0.3 is 0 Å². The summed E-state index contributed by atoms with van der Waals surface area (Å²) in [6, 6.07) is 10.6. The highest BCUT2D eigenvalue weighted by atomic mass is 16.3. The van der Waals surface area contributed by atoms with E-state index in [-0.39, 0.29) is 24.0 Å². The predicted molar refractivity (Wildman–Crippen MR) is 89.7 cm³/mol. The first-order chi connectivity index (χ1) is 10.4. The van der Waals surface area contributed by atoms with E-state index in [0.29, 0.717) is 0 Å². The highest BCUT2D eigenvalue weighted by Crippen LogP contribution is 2.35. The molecule has 2 rings (SSSR count). The molecule has 0 aliphatic rings. The minimum Gasteiger partial charge on any atom is -0.396 e. The Labute approximate surface area is 133 Å². The standard InChI is InChI=1S/C18H27N3O/c1-14(16-10-20-21(4)12-16)19-11-17(18(2,3)13-22)15-8-6-5-7-9-15/h5-10,12,14,17,19,22H,11,13H2,1-4H3. The van der Waals surface area contributed by atoms with E-state index in [1.165, 1.54) is 11.1 Å². The van der Waals surface area contributed by atoms with Crippen LogP contribution in [0.4, 0.5) is 0 Å². The van der Waals surface area contributed by atoms with Crippen LogP contribution in [0.3, 0.4) is 0 Å². The number of rotatable bonds is 7. The van der Waals surface area contributed by atoms with Gasteiger partial charge in [0.1, 0.15) is 0 Å². The Hall–Kier alpha value is -1.65. The summed E-state index contributed by atoms with van der Waals surface area (Å²) >= 11 is 0. The van der Waals surface area contributed by atoms with Gasteiger partial charge in [-0.1, -0.05) is 44.2 Å². The predicted octanol–water partition coefficient (Wildman–Crippen LogP) is 2.87. The second-order valence-electron chi connectivity index (χ2n) is 6.69. The first-order valence-electron chi connectivity index (χ1n) is 7.82. The minimum atomic E-state index is -0.178. The molecule has 0 spiro atoms. The Bertz CT molecular complexity index is 577. The summed E-state index contributed by atoms with van der Waals surface area (Å²) in [5.74, 6) is 0.248. The number of hydrogen-bond acceptors (Lipinski definition) is 3. The van der Waals surface area contributed by atoms with Gasteiger partial charge < -0.3 is 10.4 Å². The lowest BCUT2D eigenvalue weighted by molar-refractivity contribution is 0.128. The molecule has 2 unspecified atom stereocenters. The summed E-state index contributed by atoms with van der Waals surface area (Å²) in [5, 5.41) is 17.6. The molecule has 0 saturated heterocycles. The Morgan fingerprint density at radius 2 is 1.91 bits per heavy atom. The van der Waals surface area contributed by atoms with Crippen molar-refractivity contribution in [2.45, 2.75) is 32.7 Å². The number of aliphatic hydroxyl groups is 1.